The summed E-state index contributed by atoms with van der Waals surface area (Å²) in [5.41, 5.74) is 0.0840. The van der Waals surface area contributed by atoms with E-state index in [1.54, 1.807) is 18.2 Å². The zero-order valence-corrected chi connectivity index (χ0v) is 12.2. The number of tetrazole rings is 1. The molecule has 1 saturated carbocycles. The molecule has 0 atom stereocenters. The van der Waals surface area contributed by atoms with Crippen molar-refractivity contribution < 1.29 is 4.92 Å². The van der Waals surface area contributed by atoms with E-state index in [1.807, 2.05) is 4.68 Å². The smallest absolute Gasteiger partial charge is 0.258 e. The molecule has 8 heteroatoms. The van der Waals surface area contributed by atoms with E-state index in [0.717, 1.165) is 12.8 Å². The van der Waals surface area contributed by atoms with Crippen molar-refractivity contribution in [3.63, 3.8) is 0 Å². The Bertz CT molecular complexity index is 639. The minimum absolute atomic E-state index is 0.0840. The van der Waals surface area contributed by atoms with Gasteiger partial charge in [0.1, 0.15) is 0 Å². The second-order valence-electron chi connectivity index (χ2n) is 5.02. The average molecular weight is 305 g/mol. The Morgan fingerprint density at radius 3 is 2.76 bits per heavy atom. The van der Waals surface area contributed by atoms with Crippen LogP contribution in [0.5, 0.6) is 0 Å². The van der Waals surface area contributed by atoms with Gasteiger partial charge in [-0.2, -0.15) is 0 Å². The van der Waals surface area contributed by atoms with Crippen LogP contribution in [-0.4, -0.2) is 25.1 Å². The van der Waals surface area contributed by atoms with Gasteiger partial charge in [-0.3, -0.25) is 10.1 Å². The highest BCUT2D eigenvalue weighted by Gasteiger charge is 2.22. The topological polar surface area (TPSA) is 86.7 Å². The standard InChI is InChI=1S/C13H15N5O2S/c19-18(20)11-8-4-5-9-12(11)21-13-14-15-16-17(13)10-6-2-1-3-7-10/h4-5,8-10H,1-3,6-7H2. The maximum Gasteiger partial charge on any atom is 0.283 e. The molecule has 0 saturated heterocycles. The van der Waals surface area contributed by atoms with Gasteiger partial charge in [0.2, 0.25) is 5.16 Å². The molecular formula is C13H15N5O2S. The maximum atomic E-state index is 11.1. The van der Waals surface area contributed by atoms with Crippen LogP contribution in [0.1, 0.15) is 38.1 Å². The molecular weight excluding hydrogens is 290 g/mol. The summed E-state index contributed by atoms with van der Waals surface area (Å²) in [5, 5.41) is 23.5. The monoisotopic (exact) mass is 305 g/mol. The van der Waals surface area contributed by atoms with Crippen LogP contribution in [0.15, 0.2) is 34.3 Å². The summed E-state index contributed by atoms with van der Waals surface area (Å²) in [6.07, 6.45) is 5.75. The van der Waals surface area contributed by atoms with Crippen LogP contribution >= 0.6 is 11.8 Å². The number of hydrogen-bond acceptors (Lipinski definition) is 6. The highest BCUT2D eigenvalue weighted by atomic mass is 32.2. The first-order valence-electron chi connectivity index (χ1n) is 6.95. The van der Waals surface area contributed by atoms with Crippen molar-refractivity contribution in [3.8, 4) is 0 Å². The third kappa shape index (κ3) is 3.05. The minimum atomic E-state index is -0.378. The number of para-hydroxylation sites is 1. The summed E-state index contributed by atoms with van der Waals surface area (Å²) < 4.78 is 1.82. The second-order valence-corrected chi connectivity index (χ2v) is 6.03. The summed E-state index contributed by atoms with van der Waals surface area (Å²) in [7, 11) is 0. The Labute approximate surface area is 125 Å². The Morgan fingerprint density at radius 2 is 2.00 bits per heavy atom. The molecule has 0 unspecified atom stereocenters. The summed E-state index contributed by atoms with van der Waals surface area (Å²) >= 11 is 1.25. The number of rotatable bonds is 4. The van der Waals surface area contributed by atoms with Crippen molar-refractivity contribution in [1.82, 2.24) is 20.2 Å². The van der Waals surface area contributed by atoms with Gasteiger partial charge in [-0.1, -0.05) is 31.4 Å². The number of hydrogen-bond donors (Lipinski definition) is 0. The highest BCUT2D eigenvalue weighted by Crippen LogP contribution is 2.36. The van der Waals surface area contributed by atoms with Crippen molar-refractivity contribution >= 4 is 17.4 Å². The Morgan fingerprint density at radius 1 is 1.24 bits per heavy atom. The van der Waals surface area contributed by atoms with E-state index in [-0.39, 0.29) is 10.6 Å². The molecule has 1 aliphatic rings. The lowest BCUT2D eigenvalue weighted by molar-refractivity contribution is -0.387. The van der Waals surface area contributed by atoms with Crippen LogP contribution in [0, 0.1) is 10.1 Å². The van der Waals surface area contributed by atoms with Gasteiger partial charge >= 0.3 is 0 Å². The van der Waals surface area contributed by atoms with E-state index in [9.17, 15) is 10.1 Å². The van der Waals surface area contributed by atoms with Crippen LogP contribution in [-0.2, 0) is 0 Å². The first-order valence-corrected chi connectivity index (χ1v) is 7.76. The molecule has 0 spiro atoms. The van der Waals surface area contributed by atoms with Gasteiger partial charge < -0.3 is 0 Å². The SMILES string of the molecule is O=[N+]([O-])c1ccccc1Sc1nnnn1C1CCCCC1. The van der Waals surface area contributed by atoms with Gasteiger partial charge in [0.05, 0.1) is 15.9 Å². The third-order valence-corrected chi connectivity index (χ3v) is 4.66. The molecule has 1 heterocycles. The number of aromatic nitrogens is 4. The summed E-state index contributed by atoms with van der Waals surface area (Å²) in [6, 6.07) is 6.97. The van der Waals surface area contributed by atoms with E-state index in [1.165, 1.54) is 37.1 Å². The van der Waals surface area contributed by atoms with Crippen LogP contribution in [0.3, 0.4) is 0 Å². The summed E-state index contributed by atoms with van der Waals surface area (Å²) in [4.78, 5) is 11.3. The first-order chi connectivity index (χ1) is 10.3. The van der Waals surface area contributed by atoms with E-state index in [4.69, 9.17) is 0 Å². The quantitative estimate of drug-likeness (QED) is 0.636. The molecule has 2 aromatic rings. The van der Waals surface area contributed by atoms with Gasteiger partial charge in [-0.05, 0) is 41.1 Å². The minimum Gasteiger partial charge on any atom is -0.258 e. The number of nitrogens with zero attached hydrogens (tertiary/aromatic N) is 5. The number of nitro groups is 1. The van der Waals surface area contributed by atoms with Crippen molar-refractivity contribution in [1.29, 1.82) is 0 Å². The van der Waals surface area contributed by atoms with Gasteiger partial charge in [0, 0.05) is 6.07 Å². The number of nitro benzene ring substituents is 1. The van der Waals surface area contributed by atoms with E-state index in [2.05, 4.69) is 15.5 Å². The predicted molar refractivity (Wildman–Crippen MR) is 77.2 cm³/mol. The maximum absolute atomic E-state index is 11.1. The Balaban J connectivity index is 1.86. The van der Waals surface area contributed by atoms with Crippen molar-refractivity contribution in [2.45, 2.75) is 48.2 Å². The van der Waals surface area contributed by atoms with E-state index >= 15 is 0 Å². The zero-order valence-electron chi connectivity index (χ0n) is 11.4. The highest BCUT2D eigenvalue weighted by molar-refractivity contribution is 7.99. The zero-order chi connectivity index (χ0) is 14.7. The lowest BCUT2D eigenvalue weighted by atomic mass is 9.96. The second kappa shape index (κ2) is 6.21. The molecule has 21 heavy (non-hydrogen) atoms. The van der Waals surface area contributed by atoms with Gasteiger partial charge in [-0.25, -0.2) is 4.68 Å². The fourth-order valence-corrected chi connectivity index (χ4v) is 3.55. The fourth-order valence-electron chi connectivity index (χ4n) is 2.60. The van der Waals surface area contributed by atoms with Crippen molar-refractivity contribution in [2.24, 2.45) is 0 Å². The molecule has 1 aromatic carbocycles. The van der Waals surface area contributed by atoms with E-state index in [0.29, 0.717) is 16.1 Å². The average Bonchev–Trinajstić information content (AvgIpc) is 2.96. The van der Waals surface area contributed by atoms with E-state index < -0.39 is 0 Å². The first kappa shape index (κ1) is 14.0. The normalized spacial score (nSPS) is 16.0. The van der Waals surface area contributed by atoms with Crippen LogP contribution in [0.2, 0.25) is 0 Å². The van der Waals surface area contributed by atoms with Crippen LogP contribution < -0.4 is 0 Å². The molecule has 0 aliphatic heterocycles. The molecule has 0 N–H and O–H groups in total. The lowest BCUT2D eigenvalue weighted by Gasteiger charge is -2.21. The molecule has 7 nitrogen and oxygen atoms in total. The molecule has 0 amide bonds. The molecule has 110 valence electrons. The fraction of sp³-hybridized carbons (Fsp3) is 0.462. The molecule has 1 aliphatic carbocycles. The van der Waals surface area contributed by atoms with Gasteiger partial charge in [0.25, 0.3) is 5.69 Å². The largest absolute Gasteiger partial charge is 0.283 e. The molecule has 0 bridgehead atoms. The Hall–Kier alpha value is -1.96. The lowest BCUT2D eigenvalue weighted by Crippen LogP contribution is -2.15. The van der Waals surface area contributed by atoms with Gasteiger partial charge in [0.15, 0.2) is 0 Å². The van der Waals surface area contributed by atoms with Gasteiger partial charge in [-0.15, -0.1) is 5.10 Å². The van der Waals surface area contributed by atoms with Crippen molar-refractivity contribution in [2.75, 3.05) is 0 Å². The molecule has 1 fully saturated rings. The molecule has 3 rings (SSSR count). The van der Waals surface area contributed by atoms with Crippen molar-refractivity contribution in [3.05, 3.63) is 34.4 Å². The molecule has 0 radical (unpaired) electrons. The summed E-state index contributed by atoms with van der Waals surface area (Å²) in [5.74, 6) is 0. The Kier molecular flexibility index (Phi) is 4.14. The molecule has 1 aromatic heterocycles. The third-order valence-electron chi connectivity index (χ3n) is 3.65. The summed E-state index contributed by atoms with van der Waals surface area (Å²) in [6.45, 7) is 0. The predicted octanol–water partition coefficient (Wildman–Crippen LogP) is 3.24. The van der Waals surface area contributed by atoms with Crippen LogP contribution in [0.4, 0.5) is 5.69 Å². The number of benzene rings is 1. The van der Waals surface area contributed by atoms with Crippen LogP contribution in [0.25, 0.3) is 0 Å².